The number of carbonyl (C=O) groups excluding carboxylic acids is 2. The normalized spacial score (nSPS) is 14.1. The molecule has 0 atom stereocenters. The number of rotatable bonds is 6. The van der Waals surface area contributed by atoms with Gasteiger partial charge >= 0.3 is 0 Å². The average Bonchev–Trinajstić information content (AvgIpc) is 2.71. The lowest BCUT2D eigenvalue weighted by Gasteiger charge is -2.28. The van der Waals surface area contributed by atoms with Gasteiger partial charge in [0, 0.05) is 42.0 Å². The van der Waals surface area contributed by atoms with E-state index in [2.05, 4.69) is 10.6 Å². The highest BCUT2D eigenvalue weighted by Crippen LogP contribution is 2.23. The molecule has 0 aromatic heterocycles. The van der Waals surface area contributed by atoms with Gasteiger partial charge in [0.05, 0.1) is 13.7 Å². The van der Waals surface area contributed by atoms with E-state index in [1.54, 1.807) is 31.4 Å². The topological polar surface area (TPSA) is 70.7 Å². The van der Waals surface area contributed by atoms with Crippen molar-refractivity contribution in [2.24, 2.45) is 0 Å². The molecule has 1 saturated heterocycles. The number of nitrogens with one attached hydrogen (secondary N) is 2. The van der Waals surface area contributed by atoms with E-state index in [0.717, 1.165) is 23.4 Å². The maximum absolute atomic E-state index is 12.1. The van der Waals surface area contributed by atoms with Crippen LogP contribution in [-0.2, 0) is 16.1 Å². The van der Waals surface area contributed by atoms with Crippen molar-refractivity contribution >= 4 is 35.2 Å². The first-order valence-corrected chi connectivity index (χ1v) is 9.33. The SMILES string of the molecule is COc1ccc(Cl)cc1/C=C/C(=O)NCc1ccc(N2CCNC(=O)C2)cc1. The van der Waals surface area contributed by atoms with Gasteiger partial charge < -0.3 is 20.3 Å². The molecule has 0 unspecified atom stereocenters. The van der Waals surface area contributed by atoms with E-state index in [1.165, 1.54) is 6.08 Å². The molecular weight excluding hydrogens is 378 g/mol. The van der Waals surface area contributed by atoms with Crippen LogP contribution in [0.1, 0.15) is 11.1 Å². The van der Waals surface area contributed by atoms with Crippen LogP contribution in [0.2, 0.25) is 5.02 Å². The minimum absolute atomic E-state index is 0.0331. The van der Waals surface area contributed by atoms with Gasteiger partial charge in [0.25, 0.3) is 0 Å². The largest absolute Gasteiger partial charge is 0.496 e. The van der Waals surface area contributed by atoms with E-state index in [0.29, 0.717) is 30.4 Å². The number of anilines is 1. The lowest BCUT2D eigenvalue weighted by molar-refractivity contribution is -0.120. The van der Waals surface area contributed by atoms with Crippen LogP contribution < -0.4 is 20.3 Å². The lowest BCUT2D eigenvalue weighted by atomic mass is 10.1. The second-order valence-corrected chi connectivity index (χ2v) is 6.81. The standard InChI is InChI=1S/C21H22ClN3O3/c1-28-19-8-5-17(22)12-16(19)4-9-20(26)24-13-15-2-6-18(7-3-15)25-11-10-23-21(27)14-25/h2-9,12H,10-11,13-14H2,1H3,(H,23,27)(H,24,26)/b9-4+. The monoisotopic (exact) mass is 399 g/mol. The van der Waals surface area contributed by atoms with Crippen molar-refractivity contribution in [3.05, 3.63) is 64.7 Å². The second kappa shape index (κ2) is 9.28. The summed E-state index contributed by atoms with van der Waals surface area (Å²) >= 11 is 5.99. The van der Waals surface area contributed by atoms with Crippen molar-refractivity contribution < 1.29 is 14.3 Å². The van der Waals surface area contributed by atoms with E-state index in [1.807, 2.05) is 29.2 Å². The summed E-state index contributed by atoms with van der Waals surface area (Å²) < 4.78 is 5.26. The number of halogens is 1. The average molecular weight is 400 g/mol. The quantitative estimate of drug-likeness (QED) is 0.732. The molecular formula is C21H22ClN3O3. The van der Waals surface area contributed by atoms with Crippen LogP contribution in [0.3, 0.4) is 0 Å². The number of piperazine rings is 1. The van der Waals surface area contributed by atoms with Gasteiger partial charge in [-0.25, -0.2) is 0 Å². The summed E-state index contributed by atoms with van der Waals surface area (Å²) in [6.07, 6.45) is 3.12. The number of benzene rings is 2. The van der Waals surface area contributed by atoms with Gasteiger partial charge in [-0.2, -0.15) is 0 Å². The Labute approximate surface area is 169 Å². The number of hydrogen-bond acceptors (Lipinski definition) is 4. The third-order valence-corrected chi connectivity index (χ3v) is 4.65. The molecule has 7 heteroatoms. The van der Waals surface area contributed by atoms with Crippen molar-refractivity contribution in [2.75, 3.05) is 31.6 Å². The molecule has 0 aliphatic carbocycles. The Kier molecular flexibility index (Phi) is 6.55. The third kappa shape index (κ3) is 5.27. The minimum Gasteiger partial charge on any atom is -0.496 e. The molecule has 1 aliphatic heterocycles. The van der Waals surface area contributed by atoms with Gasteiger partial charge in [0.15, 0.2) is 0 Å². The number of ether oxygens (including phenoxy) is 1. The molecule has 6 nitrogen and oxygen atoms in total. The van der Waals surface area contributed by atoms with Crippen molar-refractivity contribution in [2.45, 2.75) is 6.54 Å². The first kappa shape index (κ1) is 19.8. The van der Waals surface area contributed by atoms with Crippen molar-refractivity contribution in [3.63, 3.8) is 0 Å². The van der Waals surface area contributed by atoms with E-state index in [9.17, 15) is 9.59 Å². The molecule has 28 heavy (non-hydrogen) atoms. The molecule has 2 amide bonds. The Hall–Kier alpha value is -2.99. The Morgan fingerprint density at radius 3 is 2.79 bits per heavy atom. The zero-order valence-corrected chi connectivity index (χ0v) is 16.3. The van der Waals surface area contributed by atoms with Crippen molar-refractivity contribution in [1.82, 2.24) is 10.6 Å². The van der Waals surface area contributed by atoms with Crippen molar-refractivity contribution in [1.29, 1.82) is 0 Å². The lowest BCUT2D eigenvalue weighted by Crippen LogP contribution is -2.47. The summed E-state index contributed by atoms with van der Waals surface area (Å²) in [4.78, 5) is 25.6. The molecule has 1 aliphatic rings. The highest BCUT2D eigenvalue weighted by molar-refractivity contribution is 6.30. The smallest absolute Gasteiger partial charge is 0.244 e. The molecule has 0 saturated carbocycles. The van der Waals surface area contributed by atoms with Crippen LogP contribution in [0.4, 0.5) is 5.69 Å². The van der Waals surface area contributed by atoms with Gasteiger partial charge in [0.2, 0.25) is 11.8 Å². The Bertz CT molecular complexity index is 881. The molecule has 0 radical (unpaired) electrons. The van der Waals surface area contributed by atoms with Crippen LogP contribution in [0.5, 0.6) is 5.75 Å². The number of amides is 2. The predicted molar refractivity (Wildman–Crippen MR) is 111 cm³/mol. The summed E-state index contributed by atoms with van der Waals surface area (Å²) in [6, 6.07) is 13.1. The predicted octanol–water partition coefficient (Wildman–Crippen LogP) is 2.61. The summed E-state index contributed by atoms with van der Waals surface area (Å²) in [6.45, 7) is 2.23. The maximum atomic E-state index is 12.1. The zero-order valence-electron chi connectivity index (χ0n) is 15.6. The summed E-state index contributed by atoms with van der Waals surface area (Å²) in [7, 11) is 1.57. The number of nitrogens with zero attached hydrogens (tertiary/aromatic N) is 1. The molecule has 0 bridgehead atoms. The van der Waals surface area contributed by atoms with Gasteiger partial charge in [-0.1, -0.05) is 23.7 Å². The highest BCUT2D eigenvalue weighted by Gasteiger charge is 2.16. The fourth-order valence-electron chi connectivity index (χ4n) is 2.93. The van der Waals surface area contributed by atoms with E-state index >= 15 is 0 Å². The fraction of sp³-hybridized carbons (Fsp3) is 0.238. The van der Waals surface area contributed by atoms with E-state index in [4.69, 9.17) is 16.3 Å². The Morgan fingerprint density at radius 2 is 2.07 bits per heavy atom. The van der Waals surface area contributed by atoms with Gasteiger partial charge in [-0.05, 0) is 42.0 Å². The molecule has 2 N–H and O–H groups in total. The number of hydrogen-bond donors (Lipinski definition) is 2. The minimum atomic E-state index is -0.209. The van der Waals surface area contributed by atoms with Crippen LogP contribution >= 0.6 is 11.6 Å². The molecule has 3 rings (SSSR count). The first-order chi connectivity index (χ1) is 13.5. The summed E-state index contributed by atoms with van der Waals surface area (Å²) in [5.41, 5.74) is 2.71. The van der Waals surface area contributed by atoms with Crippen LogP contribution in [0.25, 0.3) is 6.08 Å². The van der Waals surface area contributed by atoms with Gasteiger partial charge in [-0.15, -0.1) is 0 Å². The molecule has 1 fully saturated rings. The fourth-order valence-corrected chi connectivity index (χ4v) is 3.11. The second-order valence-electron chi connectivity index (χ2n) is 6.38. The Morgan fingerprint density at radius 1 is 1.29 bits per heavy atom. The molecule has 1 heterocycles. The zero-order chi connectivity index (χ0) is 19.9. The molecule has 2 aromatic rings. The van der Waals surface area contributed by atoms with E-state index in [-0.39, 0.29) is 11.8 Å². The van der Waals surface area contributed by atoms with E-state index < -0.39 is 0 Å². The number of carbonyl (C=O) groups is 2. The maximum Gasteiger partial charge on any atom is 0.244 e. The highest BCUT2D eigenvalue weighted by atomic mass is 35.5. The summed E-state index contributed by atoms with van der Waals surface area (Å²) in [5, 5.41) is 6.24. The van der Waals surface area contributed by atoms with Crippen LogP contribution in [0.15, 0.2) is 48.5 Å². The third-order valence-electron chi connectivity index (χ3n) is 4.41. The molecule has 0 spiro atoms. The molecule has 146 valence electrons. The van der Waals surface area contributed by atoms with Crippen LogP contribution in [-0.4, -0.2) is 38.6 Å². The van der Waals surface area contributed by atoms with Crippen LogP contribution in [0, 0.1) is 0 Å². The Balaban J connectivity index is 1.54. The molecule has 2 aromatic carbocycles. The van der Waals surface area contributed by atoms with Gasteiger partial charge in [-0.3, -0.25) is 9.59 Å². The van der Waals surface area contributed by atoms with Crippen molar-refractivity contribution in [3.8, 4) is 5.75 Å². The number of methoxy groups -OCH3 is 1. The summed E-state index contributed by atoms with van der Waals surface area (Å²) in [5.74, 6) is 0.472. The first-order valence-electron chi connectivity index (χ1n) is 8.95. The van der Waals surface area contributed by atoms with Gasteiger partial charge in [0.1, 0.15) is 5.75 Å².